The third-order valence-electron chi connectivity index (χ3n) is 2.26. The van der Waals surface area contributed by atoms with Crippen molar-refractivity contribution in [2.45, 2.75) is 27.7 Å². The van der Waals surface area contributed by atoms with Crippen molar-refractivity contribution >= 4 is 11.9 Å². The van der Waals surface area contributed by atoms with E-state index in [4.69, 9.17) is 18.9 Å². The molecule has 0 radical (unpaired) electrons. The quantitative estimate of drug-likeness (QED) is 0.423. The van der Waals surface area contributed by atoms with E-state index >= 15 is 0 Å². The second-order valence-electron chi connectivity index (χ2n) is 4.87. The zero-order valence-electron chi connectivity index (χ0n) is 12.8. The normalized spacial score (nSPS) is 10.9. The zero-order chi connectivity index (χ0) is 15.4. The maximum atomic E-state index is 11.1. The van der Waals surface area contributed by atoms with Crippen molar-refractivity contribution in [3.63, 3.8) is 0 Å². The van der Waals surface area contributed by atoms with Crippen LogP contribution in [0.4, 0.5) is 0 Å². The van der Waals surface area contributed by atoms with Gasteiger partial charge in [-0.1, -0.05) is 27.7 Å². The molecule has 0 fully saturated rings. The topological polar surface area (TPSA) is 71.1 Å². The lowest BCUT2D eigenvalue weighted by molar-refractivity contribution is -0.150. The van der Waals surface area contributed by atoms with E-state index in [1.54, 1.807) is 27.7 Å². The van der Waals surface area contributed by atoms with Crippen LogP contribution in [0.3, 0.4) is 0 Å². The van der Waals surface area contributed by atoms with Crippen LogP contribution in [0, 0.1) is 11.8 Å². The van der Waals surface area contributed by atoms with Crippen LogP contribution in [0.15, 0.2) is 0 Å². The Bertz CT molecular complexity index is 247. The first-order valence-electron chi connectivity index (χ1n) is 6.94. The lowest BCUT2D eigenvalue weighted by Crippen LogP contribution is -2.17. The van der Waals surface area contributed by atoms with Crippen molar-refractivity contribution in [3.8, 4) is 0 Å². The van der Waals surface area contributed by atoms with Gasteiger partial charge < -0.3 is 18.9 Å². The van der Waals surface area contributed by atoms with Gasteiger partial charge in [-0.3, -0.25) is 9.59 Å². The first kappa shape index (κ1) is 18.9. The van der Waals surface area contributed by atoms with E-state index < -0.39 is 0 Å². The lowest BCUT2D eigenvalue weighted by Gasteiger charge is -2.09. The molecule has 0 saturated carbocycles. The summed E-state index contributed by atoms with van der Waals surface area (Å²) in [7, 11) is 0. The van der Waals surface area contributed by atoms with Crippen LogP contribution in [0.2, 0.25) is 0 Å². The van der Waals surface area contributed by atoms with Crippen LogP contribution >= 0.6 is 0 Å². The Balaban J connectivity index is 3.21. The smallest absolute Gasteiger partial charge is 0.308 e. The molecule has 0 aliphatic heterocycles. The number of carbonyl (C=O) groups is 2. The van der Waals surface area contributed by atoms with Crippen molar-refractivity contribution in [2.75, 3.05) is 39.6 Å². The van der Waals surface area contributed by atoms with Gasteiger partial charge in [-0.15, -0.1) is 0 Å². The molecule has 0 heterocycles. The number of esters is 2. The van der Waals surface area contributed by atoms with E-state index in [2.05, 4.69) is 0 Å². The second kappa shape index (κ2) is 11.7. The molecule has 0 rings (SSSR count). The minimum absolute atomic E-state index is 0.119. The predicted molar refractivity (Wildman–Crippen MR) is 73.2 cm³/mol. The first-order valence-corrected chi connectivity index (χ1v) is 6.94. The molecule has 0 amide bonds. The third kappa shape index (κ3) is 10.8. The molecule has 0 atom stereocenters. The number of hydrogen-bond acceptors (Lipinski definition) is 6. The summed E-state index contributed by atoms with van der Waals surface area (Å²) in [6.45, 7) is 9.16. The van der Waals surface area contributed by atoms with E-state index in [1.165, 1.54) is 0 Å². The molecule has 118 valence electrons. The molecule has 0 bridgehead atoms. The van der Waals surface area contributed by atoms with Gasteiger partial charge in [0.2, 0.25) is 0 Å². The summed E-state index contributed by atoms with van der Waals surface area (Å²) in [5.41, 5.74) is 0. The van der Waals surface area contributed by atoms with Gasteiger partial charge in [0.1, 0.15) is 13.2 Å². The molecule has 6 heteroatoms. The zero-order valence-corrected chi connectivity index (χ0v) is 12.8. The Hall–Kier alpha value is -1.14. The largest absolute Gasteiger partial charge is 0.463 e. The van der Waals surface area contributed by atoms with Gasteiger partial charge in [0.05, 0.1) is 38.3 Å². The van der Waals surface area contributed by atoms with Crippen LogP contribution < -0.4 is 0 Å². The van der Waals surface area contributed by atoms with Crippen LogP contribution in [-0.2, 0) is 28.5 Å². The number of rotatable bonds is 11. The van der Waals surface area contributed by atoms with Gasteiger partial charge in [-0.05, 0) is 0 Å². The van der Waals surface area contributed by atoms with Gasteiger partial charge in [-0.2, -0.15) is 0 Å². The monoisotopic (exact) mass is 290 g/mol. The Morgan fingerprint density at radius 3 is 1.25 bits per heavy atom. The average molecular weight is 290 g/mol. The highest BCUT2D eigenvalue weighted by Gasteiger charge is 2.08. The summed E-state index contributed by atoms with van der Waals surface area (Å²) >= 11 is 0. The van der Waals surface area contributed by atoms with Gasteiger partial charge in [0.15, 0.2) is 0 Å². The molecule has 6 nitrogen and oxygen atoms in total. The Kier molecular flexibility index (Phi) is 11.0. The summed E-state index contributed by atoms with van der Waals surface area (Å²) in [6, 6.07) is 0. The van der Waals surface area contributed by atoms with Crippen molar-refractivity contribution in [2.24, 2.45) is 11.8 Å². The van der Waals surface area contributed by atoms with E-state index in [9.17, 15) is 9.59 Å². The molecule has 0 unspecified atom stereocenters. The predicted octanol–water partition coefficient (Wildman–Crippen LogP) is 1.42. The lowest BCUT2D eigenvalue weighted by atomic mass is 10.2. The Morgan fingerprint density at radius 2 is 0.950 bits per heavy atom. The third-order valence-corrected chi connectivity index (χ3v) is 2.26. The summed E-state index contributed by atoms with van der Waals surface area (Å²) in [4.78, 5) is 22.2. The molecular weight excluding hydrogens is 264 g/mol. The highest BCUT2D eigenvalue weighted by atomic mass is 16.6. The fourth-order valence-electron chi connectivity index (χ4n) is 1.06. The summed E-state index contributed by atoms with van der Waals surface area (Å²) in [5, 5.41) is 0. The Morgan fingerprint density at radius 1 is 0.650 bits per heavy atom. The van der Waals surface area contributed by atoms with Gasteiger partial charge in [0.25, 0.3) is 0 Å². The molecule has 0 aliphatic carbocycles. The molecule has 0 aliphatic rings. The van der Waals surface area contributed by atoms with Crippen molar-refractivity contribution in [3.05, 3.63) is 0 Å². The minimum atomic E-state index is -0.225. The molecule has 0 aromatic carbocycles. The van der Waals surface area contributed by atoms with Crippen LogP contribution in [0.5, 0.6) is 0 Å². The fourth-order valence-corrected chi connectivity index (χ4v) is 1.06. The van der Waals surface area contributed by atoms with Crippen LogP contribution in [0.25, 0.3) is 0 Å². The van der Waals surface area contributed by atoms with E-state index in [-0.39, 0.29) is 37.0 Å². The summed E-state index contributed by atoms with van der Waals surface area (Å²) in [5.74, 6) is -0.688. The number of hydrogen-bond donors (Lipinski definition) is 0. The molecule has 0 N–H and O–H groups in total. The Labute approximate surface area is 120 Å². The molecule has 0 saturated heterocycles. The highest BCUT2D eigenvalue weighted by molar-refractivity contribution is 5.71. The minimum Gasteiger partial charge on any atom is -0.463 e. The maximum absolute atomic E-state index is 11.1. The van der Waals surface area contributed by atoms with Crippen LogP contribution in [0.1, 0.15) is 27.7 Å². The standard InChI is InChI=1S/C14H26O6/c1-11(2)13(15)19-9-7-17-5-6-18-8-10-20-14(16)12(3)4/h11-12H,5-10H2,1-4H3. The molecule has 20 heavy (non-hydrogen) atoms. The van der Waals surface area contributed by atoms with Crippen molar-refractivity contribution < 1.29 is 28.5 Å². The number of ether oxygens (including phenoxy) is 4. The first-order chi connectivity index (χ1) is 9.45. The van der Waals surface area contributed by atoms with Gasteiger partial charge >= 0.3 is 11.9 Å². The average Bonchev–Trinajstić information content (AvgIpc) is 2.39. The fraction of sp³-hybridized carbons (Fsp3) is 0.857. The molecule has 0 spiro atoms. The van der Waals surface area contributed by atoms with Crippen molar-refractivity contribution in [1.82, 2.24) is 0 Å². The van der Waals surface area contributed by atoms with Gasteiger partial charge in [-0.25, -0.2) is 0 Å². The summed E-state index contributed by atoms with van der Waals surface area (Å²) in [6.07, 6.45) is 0. The maximum Gasteiger partial charge on any atom is 0.308 e. The second-order valence-corrected chi connectivity index (χ2v) is 4.87. The SMILES string of the molecule is CC(C)C(=O)OCCOCCOCCOC(=O)C(C)C. The summed E-state index contributed by atoms with van der Waals surface area (Å²) < 4.78 is 20.3. The van der Waals surface area contributed by atoms with Crippen molar-refractivity contribution in [1.29, 1.82) is 0 Å². The highest BCUT2D eigenvalue weighted by Crippen LogP contribution is 1.96. The molecule has 0 aromatic rings. The molecular formula is C14H26O6. The van der Waals surface area contributed by atoms with E-state index in [0.29, 0.717) is 26.4 Å². The van der Waals surface area contributed by atoms with E-state index in [1.807, 2.05) is 0 Å². The van der Waals surface area contributed by atoms with Gasteiger partial charge in [0, 0.05) is 0 Å². The van der Waals surface area contributed by atoms with Crippen LogP contribution in [-0.4, -0.2) is 51.6 Å². The molecule has 0 aromatic heterocycles. The van der Waals surface area contributed by atoms with E-state index in [0.717, 1.165) is 0 Å². The number of carbonyl (C=O) groups excluding carboxylic acids is 2.